The predicted molar refractivity (Wildman–Crippen MR) is 264 cm³/mol. The van der Waals surface area contributed by atoms with Crippen LogP contribution in [0.15, 0.2) is 193 Å². The van der Waals surface area contributed by atoms with Crippen LogP contribution in [0.25, 0.3) is 71.8 Å². The minimum absolute atomic E-state index is 0.0364. The highest BCUT2D eigenvalue weighted by Gasteiger charge is 2.16. The average molecular weight is 795 g/mol. The predicted octanol–water partition coefficient (Wildman–Crippen LogP) is 15.5. The quantitative estimate of drug-likeness (QED) is 0.167. The maximum absolute atomic E-state index is 12.7. The number of para-hydroxylation sites is 2. The Kier molecular flexibility index (Phi) is 12.9. The summed E-state index contributed by atoms with van der Waals surface area (Å²) >= 11 is 0. The average Bonchev–Trinajstić information content (AvgIpc) is 3.59. The number of pyridine rings is 1. The first-order chi connectivity index (χ1) is 29.6. The summed E-state index contributed by atoms with van der Waals surface area (Å²) in [4.78, 5) is 15.7. The standard InChI is InChI=1S/C31H27NO.C20H19N.C7H8/c1-19-9-5-6-10-25(19)27-17-23(15-13-20(27)2)24-16-14-21(3)28(18-24)30-22(4)31(33)32-29-12-8-7-11-26(29)30;1-4-6-9-16(5-2)21-19-11-8-7-10-17(19)18-14-15(3)12-13-20(18)21;1-7-5-3-2-4-6-7/h5-18H,1-4H3,(H,32,33);4-14H,1H2,2-3H3;2-6H,1H3/b;9-6-,16-5+;. The summed E-state index contributed by atoms with van der Waals surface area (Å²) < 4.78 is 2.31. The van der Waals surface area contributed by atoms with Crippen molar-refractivity contribution in [3.05, 3.63) is 232 Å². The van der Waals surface area contributed by atoms with Gasteiger partial charge in [-0.3, -0.25) is 4.79 Å². The number of aryl methyl sites for hydroxylation is 5. The Morgan fingerprint density at radius 1 is 0.541 bits per heavy atom. The van der Waals surface area contributed by atoms with E-state index in [4.69, 9.17) is 0 Å². The Bertz CT molecular complexity index is 3140. The summed E-state index contributed by atoms with van der Waals surface area (Å²) in [6.45, 7) is 18.4. The molecule has 0 aliphatic heterocycles. The van der Waals surface area contributed by atoms with Gasteiger partial charge in [0.15, 0.2) is 0 Å². The fourth-order valence-corrected chi connectivity index (χ4v) is 8.09. The molecule has 0 aliphatic carbocycles. The topological polar surface area (TPSA) is 37.8 Å². The molecule has 1 N–H and O–H groups in total. The molecule has 2 aromatic heterocycles. The number of nitrogens with one attached hydrogen (secondary N) is 1. The van der Waals surface area contributed by atoms with Crippen molar-refractivity contribution >= 4 is 38.4 Å². The molecule has 0 saturated heterocycles. The maximum atomic E-state index is 12.7. The van der Waals surface area contributed by atoms with E-state index in [1.54, 1.807) is 0 Å². The third-order valence-electron chi connectivity index (χ3n) is 11.4. The lowest BCUT2D eigenvalue weighted by molar-refractivity contribution is 1.23. The van der Waals surface area contributed by atoms with E-state index in [1.807, 2.05) is 55.5 Å². The van der Waals surface area contributed by atoms with Crippen LogP contribution in [0.5, 0.6) is 0 Å². The van der Waals surface area contributed by atoms with Crippen molar-refractivity contribution in [3.8, 4) is 33.4 Å². The van der Waals surface area contributed by atoms with Gasteiger partial charge in [0.2, 0.25) is 0 Å². The summed E-state index contributed by atoms with van der Waals surface area (Å²) in [5, 5.41) is 3.67. The lowest BCUT2D eigenvalue weighted by atomic mass is 9.89. The summed E-state index contributed by atoms with van der Waals surface area (Å²) in [5.74, 6) is 0. The van der Waals surface area contributed by atoms with E-state index in [0.717, 1.165) is 44.4 Å². The van der Waals surface area contributed by atoms with Crippen LogP contribution in [0.4, 0.5) is 0 Å². The molecule has 0 saturated carbocycles. The lowest BCUT2D eigenvalue weighted by Crippen LogP contribution is -2.11. The molecule has 61 heavy (non-hydrogen) atoms. The zero-order valence-electron chi connectivity index (χ0n) is 36.4. The second kappa shape index (κ2) is 18.8. The molecule has 2 heterocycles. The molecular weight excluding hydrogens is 741 g/mol. The van der Waals surface area contributed by atoms with Gasteiger partial charge in [0.25, 0.3) is 5.56 Å². The number of fused-ring (bicyclic) bond motifs is 4. The number of aromatic nitrogens is 2. The highest BCUT2D eigenvalue weighted by atomic mass is 16.1. The van der Waals surface area contributed by atoms with Gasteiger partial charge in [-0.15, -0.1) is 0 Å². The largest absolute Gasteiger partial charge is 0.322 e. The minimum atomic E-state index is -0.0364. The molecule has 0 amide bonds. The number of allylic oxidation sites excluding steroid dienone is 5. The highest BCUT2D eigenvalue weighted by Crippen LogP contribution is 2.37. The molecule has 0 atom stereocenters. The molecule has 0 spiro atoms. The Morgan fingerprint density at radius 2 is 1.13 bits per heavy atom. The molecule has 0 unspecified atom stereocenters. The van der Waals surface area contributed by atoms with Gasteiger partial charge in [-0.25, -0.2) is 0 Å². The van der Waals surface area contributed by atoms with E-state index in [9.17, 15) is 4.79 Å². The summed E-state index contributed by atoms with van der Waals surface area (Å²) in [5.41, 5.74) is 18.5. The smallest absolute Gasteiger partial charge is 0.251 e. The van der Waals surface area contributed by atoms with Crippen LogP contribution in [0.2, 0.25) is 0 Å². The van der Waals surface area contributed by atoms with Gasteiger partial charge in [-0.2, -0.15) is 0 Å². The molecule has 7 aromatic carbocycles. The summed E-state index contributed by atoms with van der Waals surface area (Å²) in [6.07, 6.45) is 8.01. The molecule has 3 heteroatoms. The van der Waals surface area contributed by atoms with Crippen LogP contribution in [0.3, 0.4) is 0 Å². The molecule has 302 valence electrons. The summed E-state index contributed by atoms with van der Waals surface area (Å²) in [7, 11) is 0. The van der Waals surface area contributed by atoms with Gasteiger partial charge in [0.05, 0.1) is 11.0 Å². The van der Waals surface area contributed by atoms with Crippen molar-refractivity contribution in [2.75, 3.05) is 0 Å². The van der Waals surface area contributed by atoms with Gasteiger partial charge in [0, 0.05) is 32.9 Å². The number of hydrogen-bond acceptors (Lipinski definition) is 1. The molecule has 0 aliphatic rings. The van der Waals surface area contributed by atoms with Crippen molar-refractivity contribution in [2.24, 2.45) is 0 Å². The second-order valence-corrected chi connectivity index (χ2v) is 15.7. The monoisotopic (exact) mass is 794 g/mol. The third kappa shape index (κ3) is 9.02. The molecule has 0 fully saturated rings. The van der Waals surface area contributed by atoms with Crippen LogP contribution in [0, 0.1) is 41.5 Å². The van der Waals surface area contributed by atoms with E-state index >= 15 is 0 Å². The van der Waals surface area contributed by atoms with Crippen LogP contribution in [-0.2, 0) is 0 Å². The highest BCUT2D eigenvalue weighted by molar-refractivity contribution is 6.10. The first-order valence-electron chi connectivity index (χ1n) is 21.0. The van der Waals surface area contributed by atoms with Crippen molar-refractivity contribution in [1.82, 2.24) is 9.55 Å². The second-order valence-electron chi connectivity index (χ2n) is 15.7. The van der Waals surface area contributed by atoms with Crippen molar-refractivity contribution < 1.29 is 0 Å². The van der Waals surface area contributed by atoms with E-state index in [0.29, 0.717) is 0 Å². The van der Waals surface area contributed by atoms with Gasteiger partial charge < -0.3 is 9.55 Å². The number of hydrogen-bond donors (Lipinski definition) is 1. The lowest BCUT2D eigenvalue weighted by Gasteiger charge is -2.16. The zero-order chi connectivity index (χ0) is 43.0. The van der Waals surface area contributed by atoms with E-state index in [-0.39, 0.29) is 5.56 Å². The SMILES string of the molecule is C=C/C=C\C(=C/C)n1c2ccccc2c2cc(C)ccc21.Cc1ccccc1.Cc1ccccc1-c1cc(-c2ccc(C)c(-c3c(C)c(=O)[nH]c4ccccc34)c2)ccc1C. The molecule has 9 aromatic rings. The van der Waals surface area contributed by atoms with Crippen LogP contribution in [-0.4, -0.2) is 9.55 Å². The number of aromatic amines is 1. The fraction of sp³-hybridized carbons (Fsp3) is 0.121. The zero-order valence-corrected chi connectivity index (χ0v) is 36.4. The van der Waals surface area contributed by atoms with Crippen molar-refractivity contribution in [3.63, 3.8) is 0 Å². The van der Waals surface area contributed by atoms with Crippen molar-refractivity contribution in [2.45, 2.75) is 48.5 Å². The first kappa shape index (κ1) is 41.9. The van der Waals surface area contributed by atoms with Crippen LogP contribution in [0.1, 0.15) is 40.3 Å². The Morgan fingerprint density at radius 3 is 1.80 bits per heavy atom. The van der Waals surface area contributed by atoms with Gasteiger partial charge in [-0.05, 0) is 141 Å². The molecule has 0 radical (unpaired) electrons. The van der Waals surface area contributed by atoms with Crippen LogP contribution < -0.4 is 5.56 Å². The minimum Gasteiger partial charge on any atom is -0.322 e. The van der Waals surface area contributed by atoms with Crippen LogP contribution >= 0.6 is 0 Å². The number of benzene rings is 7. The van der Waals surface area contributed by atoms with Gasteiger partial charge >= 0.3 is 0 Å². The van der Waals surface area contributed by atoms with E-state index in [1.165, 1.54) is 60.8 Å². The Hall–Kier alpha value is -7.23. The Balaban J connectivity index is 0.000000170. The molecule has 9 rings (SSSR count). The maximum Gasteiger partial charge on any atom is 0.251 e. The summed E-state index contributed by atoms with van der Waals surface area (Å²) in [6, 6.07) is 55.3. The van der Waals surface area contributed by atoms with Gasteiger partial charge in [0.1, 0.15) is 0 Å². The van der Waals surface area contributed by atoms with E-state index in [2.05, 4.69) is 191 Å². The number of nitrogens with zero attached hydrogens (tertiary/aromatic N) is 1. The molecule has 0 bridgehead atoms. The molecular formula is C58H54N2O. The normalized spacial score (nSPS) is 11.4. The van der Waals surface area contributed by atoms with Gasteiger partial charge in [-0.1, -0.05) is 157 Å². The van der Waals surface area contributed by atoms with Crippen molar-refractivity contribution in [1.29, 1.82) is 0 Å². The fourth-order valence-electron chi connectivity index (χ4n) is 8.09. The first-order valence-corrected chi connectivity index (χ1v) is 21.0. The molecule has 3 nitrogen and oxygen atoms in total. The third-order valence-corrected chi connectivity index (χ3v) is 11.4. The van der Waals surface area contributed by atoms with E-state index < -0.39 is 0 Å². The number of rotatable bonds is 6. The Labute approximate surface area is 360 Å². The number of H-pyrrole nitrogens is 1.